The first-order valence-electron chi connectivity index (χ1n) is 3.73. The van der Waals surface area contributed by atoms with Crippen molar-refractivity contribution in [2.75, 3.05) is 0 Å². The lowest BCUT2D eigenvalue weighted by Gasteiger charge is -1.97. The lowest BCUT2D eigenvalue weighted by Crippen LogP contribution is -1.92. The van der Waals surface area contributed by atoms with Crippen LogP contribution in [0.15, 0.2) is 18.2 Å². The van der Waals surface area contributed by atoms with E-state index in [2.05, 4.69) is 27.4 Å². The molecule has 1 aliphatic carbocycles. The molecule has 0 amide bonds. The van der Waals surface area contributed by atoms with Gasteiger partial charge in [0.15, 0.2) is 0 Å². The lowest BCUT2D eigenvalue weighted by molar-refractivity contribution is 0.912. The molecule has 0 fully saturated rings. The zero-order chi connectivity index (χ0) is 6.97. The Morgan fingerprint density at radius 3 is 2.80 bits per heavy atom. The van der Waals surface area contributed by atoms with Crippen molar-refractivity contribution in [3.8, 4) is 0 Å². The average Bonchev–Trinajstić information content (AvgIpc) is 2.33. The van der Waals surface area contributed by atoms with Crippen molar-refractivity contribution in [3.63, 3.8) is 0 Å². The van der Waals surface area contributed by atoms with Crippen LogP contribution in [-0.4, -0.2) is 0 Å². The molecule has 0 bridgehead atoms. The molecule has 0 N–H and O–H groups in total. The van der Waals surface area contributed by atoms with Gasteiger partial charge in [-0.3, -0.25) is 0 Å². The highest BCUT2D eigenvalue weighted by molar-refractivity contribution is 7.27. The molecule has 0 spiro atoms. The first-order valence-corrected chi connectivity index (χ1v) is 4.31. The van der Waals surface area contributed by atoms with E-state index >= 15 is 0 Å². The Kier molecular flexibility index (Phi) is 1.50. The van der Waals surface area contributed by atoms with Crippen molar-refractivity contribution in [1.29, 1.82) is 0 Å². The molecule has 1 atom stereocenters. The van der Waals surface area contributed by atoms with Crippen LogP contribution in [0.5, 0.6) is 0 Å². The standard InChI is InChI=1S/C9H11P/c10-9-5-4-7-2-1-3-8(7)6-9/h4-6H,1-3,10H2. The maximum atomic E-state index is 2.74. The first-order chi connectivity index (χ1) is 4.86. The van der Waals surface area contributed by atoms with Crippen LogP contribution in [0.4, 0.5) is 0 Å². The highest BCUT2D eigenvalue weighted by Gasteiger charge is 2.08. The molecule has 10 heavy (non-hydrogen) atoms. The van der Waals surface area contributed by atoms with Crippen LogP contribution in [0.1, 0.15) is 17.5 Å². The summed E-state index contributed by atoms with van der Waals surface area (Å²) in [5, 5.41) is 1.32. The van der Waals surface area contributed by atoms with Gasteiger partial charge in [0.2, 0.25) is 0 Å². The Labute approximate surface area is 63.9 Å². The summed E-state index contributed by atoms with van der Waals surface area (Å²) < 4.78 is 0. The summed E-state index contributed by atoms with van der Waals surface area (Å²) >= 11 is 0. The molecule has 1 aromatic carbocycles. The predicted octanol–water partition coefficient (Wildman–Crippen LogP) is 1.68. The van der Waals surface area contributed by atoms with Crippen molar-refractivity contribution < 1.29 is 0 Å². The smallest absolute Gasteiger partial charge is 0.0273 e. The van der Waals surface area contributed by atoms with Crippen LogP contribution in [0.25, 0.3) is 0 Å². The van der Waals surface area contributed by atoms with E-state index in [0.29, 0.717) is 0 Å². The number of benzene rings is 1. The van der Waals surface area contributed by atoms with E-state index in [1.807, 2.05) is 0 Å². The third kappa shape index (κ3) is 0.973. The second-order valence-corrected chi connectivity index (χ2v) is 3.55. The Hall–Kier alpha value is -0.350. The minimum absolute atomic E-state index is 1.29. The number of hydrogen-bond acceptors (Lipinski definition) is 0. The molecule has 0 saturated heterocycles. The highest BCUT2D eigenvalue weighted by Crippen LogP contribution is 2.20. The average molecular weight is 150 g/mol. The van der Waals surface area contributed by atoms with Crippen LogP contribution in [0.2, 0.25) is 0 Å². The van der Waals surface area contributed by atoms with Gasteiger partial charge in [0, 0.05) is 0 Å². The Morgan fingerprint density at radius 1 is 1.10 bits per heavy atom. The number of hydrogen-bond donors (Lipinski definition) is 0. The van der Waals surface area contributed by atoms with Crippen molar-refractivity contribution >= 4 is 14.5 Å². The molecule has 0 aliphatic heterocycles. The van der Waals surface area contributed by atoms with E-state index < -0.39 is 0 Å². The maximum absolute atomic E-state index is 2.74. The minimum Gasteiger partial charge on any atom is -0.106 e. The van der Waals surface area contributed by atoms with Gasteiger partial charge < -0.3 is 0 Å². The fraction of sp³-hybridized carbons (Fsp3) is 0.333. The molecular weight excluding hydrogens is 139 g/mol. The van der Waals surface area contributed by atoms with Gasteiger partial charge in [-0.15, -0.1) is 9.24 Å². The van der Waals surface area contributed by atoms with Gasteiger partial charge in [-0.05, 0) is 35.7 Å². The summed E-state index contributed by atoms with van der Waals surface area (Å²) in [5.74, 6) is 0. The number of fused-ring (bicyclic) bond motifs is 1. The summed E-state index contributed by atoms with van der Waals surface area (Å²) in [4.78, 5) is 0. The van der Waals surface area contributed by atoms with Crippen molar-refractivity contribution in [3.05, 3.63) is 29.3 Å². The van der Waals surface area contributed by atoms with Crippen LogP contribution in [-0.2, 0) is 12.8 Å². The van der Waals surface area contributed by atoms with Gasteiger partial charge in [-0.1, -0.05) is 18.2 Å². The van der Waals surface area contributed by atoms with Crippen LogP contribution < -0.4 is 5.30 Å². The van der Waals surface area contributed by atoms with Gasteiger partial charge in [0.05, 0.1) is 0 Å². The first kappa shape index (κ1) is 6.37. The largest absolute Gasteiger partial charge is 0.106 e. The van der Waals surface area contributed by atoms with Gasteiger partial charge in [-0.25, -0.2) is 0 Å². The Bertz CT molecular complexity index is 253. The molecule has 1 unspecified atom stereocenters. The molecule has 2 rings (SSSR count). The van der Waals surface area contributed by atoms with Gasteiger partial charge >= 0.3 is 0 Å². The third-order valence-corrected chi connectivity index (χ3v) is 2.48. The number of aryl methyl sites for hydroxylation is 2. The maximum Gasteiger partial charge on any atom is -0.0273 e. The Balaban J connectivity index is 2.52. The van der Waals surface area contributed by atoms with E-state index in [1.54, 1.807) is 11.1 Å². The molecule has 1 aliphatic rings. The molecule has 0 nitrogen and oxygen atoms in total. The van der Waals surface area contributed by atoms with Crippen molar-refractivity contribution in [2.45, 2.75) is 19.3 Å². The summed E-state index contributed by atoms with van der Waals surface area (Å²) in [6.07, 6.45) is 3.93. The zero-order valence-corrected chi connectivity index (χ0v) is 7.09. The van der Waals surface area contributed by atoms with E-state index in [9.17, 15) is 0 Å². The van der Waals surface area contributed by atoms with Gasteiger partial charge in [-0.2, -0.15) is 0 Å². The molecule has 52 valence electrons. The minimum atomic E-state index is 1.29. The summed E-state index contributed by atoms with van der Waals surface area (Å²) in [6.45, 7) is 0. The molecular formula is C9H11P. The topological polar surface area (TPSA) is 0 Å². The SMILES string of the molecule is Pc1ccc2c(c1)CCC2. The zero-order valence-electron chi connectivity index (χ0n) is 5.93. The summed E-state index contributed by atoms with van der Waals surface area (Å²) in [6, 6.07) is 6.71. The van der Waals surface area contributed by atoms with Gasteiger partial charge in [0.25, 0.3) is 0 Å². The Morgan fingerprint density at radius 2 is 1.90 bits per heavy atom. The molecule has 0 heterocycles. The second-order valence-electron chi connectivity index (χ2n) is 2.88. The van der Waals surface area contributed by atoms with Crippen LogP contribution in [0.3, 0.4) is 0 Å². The lowest BCUT2D eigenvalue weighted by atomic mass is 10.1. The summed E-state index contributed by atoms with van der Waals surface area (Å²) in [7, 11) is 2.74. The molecule has 0 saturated carbocycles. The number of rotatable bonds is 0. The second kappa shape index (κ2) is 2.36. The van der Waals surface area contributed by atoms with E-state index in [-0.39, 0.29) is 0 Å². The van der Waals surface area contributed by atoms with Gasteiger partial charge in [0.1, 0.15) is 0 Å². The van der Waals surface area contributed by atoms with Crippen molar-refractivity contribution in [1.82, 2.24) is 0 Å². The summed E-state index contributed by atoms with van der Waals surface area (Å²) in [5.41, 5.74) is 3.12. The van der Waals surface area contributed by atoms with Crippen LogP contribution in [0, 0.1) is 0 Å². The van der Waals surface area contributed by atoms with E-state index in [4.69, 9.17) is 0 Å². The highest BCUT2D eigenvalue weighted by atomic mass is 31.0. The van der Waals surface area contributed by atoms with E-state index in [1.165, 1.54) is 24.6 Å². The van der Waals surface area contributed by atoms with Crippen molar-refractivity contribution in [2.24, 2.45) is 0 Å². The fourth-order valence-electron chi connectivity index (χ4n) is 1.59. The molecule has 0 radical (unpaired) electrons. The fourth-order valence-corrected chi connectivity index (χ4v) is 1.89. The predicted molar refractivity (Wildman–Crippen MR) is 47.8 cm³/mol. The third-order valence-electron chi connectivity index (χ3n) is 2.12. The molecule has 0 aromatic heterocycles. The van der Waals surface area contributed by atoms with Crippen LogP contribution >= 0.6 is 9.24 Å². The molecule has 1 aromatic rings. The molecule has 1 heteroatoms. The van der Waals surface area contributed by atoms with E-state index in [0.717, 1.165) is 0 Å². The monoisotopic (exact) mass is 150 g/mol. The quantitative estimate of drug-likeness (QED) is 0.493. The normalized spacial score (nSPS) is 15.3.